The zero-order valence-corrected chi connectivity index (χ0v) is 16.2. The predicted molar refractivity (Wildman–Crippen MR) is 106 cm³/mol. The highest BCUT2D eigenvalue weighted by atomic mass is 32.1. The first-order chi connectivity index (χ1) is 12.0. The molecule has 0 aliphatic heterocycles. The van der Waals surface area contributed by atoms with E-state index in [1.807, 2.05) is 31.7 Å². The van der Waals surface area contributed by atoms with Gasteiger partial charge in [-0.1, -0.05) is 30.3 Å². The van der Waals surface area contributed by atoms with E-state index in [0.717, 1.165) is 34.4 Å². The summed E-state index contributed by atoms with van der Waals surface area (Å²) < 4.78 is 1.88. The van der Waals surface area contributed by atoms with Gasteiger partial charge in [0.05, 0.1) is 11.9 Å². The molecule has 0 atom stereocenters. The topological polar surface area (TPSA) is 38.1 Å². The lowest BCUT2D eigenvalue weighted by Crippen LogP contribution is -2.28. The fourth-order valence-corrected chi connectivity index (χ4v) is 4.13. The molecule has 132 valence electrons. The van der Waals surface area contributed by atoms with Gasteiger partial charge in [0.25, 0.3) is 5.56 Å². The summed E-state index contributed by atoms with van der Waals surface area (Å²) in [7, 11) is 4.02. The lowest BCUT2D eigenvalue weighted by Gasteiger charge is -2.16. The maximum absolute atomic E-state index is 13.1. The first-order valence-corrected chi connectivity index (χ1v) is 9.47. The molecule has 0 spiro atoms. The molecule has 0 bridgehead atoms. The molecule has 1 aromatic carbocycles. The summed E-state index contributed by atoms with van der Waals surface area (Å²) in [5.41, 5.74) is 2.49. The molecule has 0 aliphatic rings. The number of benzene rings is 1. The third kappa shape index (κ3) is 3.83. The zero-order valence-electron chi connectivity index (χ0n) is 15.4. The Morgan fingerprint density at radius 2 is 1.88 bits per heavy atom. The Morgan fingerprint density at radius 3 is 2.56 bits per heavy atom. The lowest BCUT2D eigenvalue weighted by atomic mass is 10.1. The summed E-state index contributed by atoms with van der Waals surface area (Å²) in [6.07, 6.45) is 1.90. The summed E-state index contributed by atoms with van der Waals surface area (Å²) in [4.78, 5) is 22.1. The van der Waals surface area contributed by atoms with E-state index in [-0.39, 0.29) is 5.56 Å². The van der Waals surface area contributed by atoms with Crippen LogP contribution < -0.4 is 5.56 Å². The van der Waals surface area contributed by atoms with Crippen molar-refractivity contribution in [2.45, 2.75) is 39.8 Å². The fourth-order valence-electron chi connectivity index (χ4n) is 3.09. The molecule has 3 aromatic rings. The van der Waals surface area contributed by atoms with Crippen LogP contribution in [0.5, 0.6) is 0 Å². The van der Waals surface area contributed by atoms with Gasteiger partial charge < -0.3 is 4.90 Å². The molecule has 0 unspecified atom stereocenters. The van der Waals surface area contributed by atoms with Crippen molar-refractivity contribution in [1.82, 2.24) is 14.5 Å². The number of aryl methyl sites for hydroxylation is 3. The Labute approximate surface area is 152 Å². The number of aromatic nitrogens is 2. The van der Waals surface area contributed by atoms with E-state index < -0.39 is 0 Å². The van der Waals surface area contributed by atoms with Crippen LogP contribution in [0, 0.1) is 13.8 Å². The van der Waals surface area contributed by atoms with Crippen molar-refractivity contribution in [2.24, 2.45) is 0 Å². The Bertz CT molecular complexity index is 926. The van der Waals surface area contributed by atoms with Crippen LogP contribution in [0.2, 0.25) is 0 Å². The maximum Gasteiger partial charge on any atom is 0.262 e. The number of thiophene rings is 1. The van der Waals surface area contributed by atoms with Crippen LogP contribution in [0.1, 0.15) is 28.2 Å². The van der Waals surface area contributed by atoms with E-state index in [9.17, 15) is 4.79 Å². The average Bonchev–Trinajstić information content (AvgIpc) is 2.85. The average molecular weight is 356 g/mol. The normalized spacial score (nSPS) is 11.6. The lowest BCUT2D eigenvalue weighted by molar-refractivity contribution is 0.375. The minimum Gasteiger partial charge on any atom is -0.302 e. The Kier molecular flexibility index (Phi) is 5.35. The highest BCUT2D eigenvalue weighted by Gasteiger charge is 2.16. The Morgan fingerprint density at radius 1 is 1.16 bits per heavy atom. The van der Waals surface area contributed by atoms with E-state index in [2.05, 4.69) is 36.1 Å². The van der Waals surface area contributed by atoms with Gasteiger partial charge in [0.2, 0.25) is 0 Å². The van der Waals surface area contributed by atoms with E-state index in [1.54, 1.807) is 11.3 Å². The van der Waals surface area contributed by atoms with E-state index in [4.69, 9.17) is 4.98 Å². The SMILES string of the molecule is Cc1sc2nc(CN(C)C)n(CCCc3ccccc3)c(=O)c2c1C. The van der Waals surface area contributed by atoms with Crippen LogP contribution in [-0.4, -0.2) is 28.5 Å². The predicted octanol–water partition coefficient (Wildman–Crippen LogP) is 3.77. The van der Waals surface area contributed by atoms with Gasteiger partial charge in [-0.05, 0) is 51.9 Å². The van der Waals surface area contributed by atoms with E-state index in [1.165, 1.54) is 10.4 Å². The van der Waals surface area contributed by atoms with Gasteiger partial charge in [-0.25, -0.2) is 4.98 Å². The van der Waals surface area contributed by atoms with Crippen molar-refractivity contribution >= 4 is 21.6 Å². The smallest absolute Gasteiger partial charge is 0.262 e. The van der Waals surface area contributed by atoms with Gasteiger partial charge >= 0.3 is 0 Å². The standard InChI is InChI=1S/C20H25N3OS/c1-14-15(2)25-19-18(14)20(24)23(17(21-19)13-22(3)4)12-8-11-16-9-6-5-7-10-16/h5-7,9-10H,8,11-13H2,1-4H3. The molecule has 0 N–H and O–H groups in total. The van der Waals surface area contributed by atoms with Crippen LogP contribution in [0.25, 0.3) is 10.2 Å². The Hall–Kier alpha value is -1.98. The molecule has 3 rings (SSSR count). The maximum atomic E-state index is 13.1. The number of hydrogen-bond acceptors (Lipinski definition) is 4. The molecular weight excluding hydrogens is 330 g/mol. The second-order valence-electron chi connectivity index (χ2n) is 6.78. The van der Waals surface area contributed by atoms with Crippen molar-refractivity contribution in [3.63, 3.8) is 0 Å². The molecule has 0 saturated heterocycles. The first kappa shape index (κ1) is 17.8. The summed E-state index contributed by atoms with van der Waals surface area (Å²) in [6, 6.07) is 10.4. The first-order valence-electron chi connectivity index (χ1n) is 8.65. The summed E-state index contributed by atoms with van der Waals surface area (Å²) in [5, 5.41) is 0.796. The molecule has 0 amide bonds. The molecular formula is C20H25N3OS. The number of hydrogen-bond donors (Lipinski definition) is 0. The summed E-state index contributed by atoms with van der Waals surface area (Å²) in [5.74, 6) is 0.858. The Balaban J connectivity index is 1.94. The molecule has 0 radical (unpaired) electrons. The molecule has 0 fully saturated rings. The van der Waals surface area contributed by atoms with Gasteiger partial charge in [-0.3, -0.25) is 9.36 Å². The van der Waals surface area contributed by atoms with Crippen molar-refractivity contribution in [1.29, 1.82) is 0 Å². The molecule has 0 saturated carbocycles. The minimum absolute atomic E-state index is 0.108. The molecule has 0 aliphatic carbocycles. The van der Waals surface area contributed by atoms with E-state index >= 15 is 0 Å². The second-order valence-corrected chi connectivity index (χ2v) is 7.98. The highest BCUT2D eigenvalue weighted by Crippen LogP contribution is 2.26. The summed E-state index contributed by atoms with van der Waals surface area (Å²) in [6.45, 7) is 5.46. The van der Waals surface area contributed by atoms with Crippen LogP contribution in [0.15, 0.2) is 35.1 Å². The van der Waals surface area contributed by atoms with Crippen molar-refractivity contribution in [3.8, 4) is 0 Å². The monoisotopic (exact) mass is 355 g/mol. The summed E-state index contributed by atoms with van der Waals surface area (Å²) >= 11 is 1.62. The quantitative estimate of drug-likeness (QED) is 0.675. The van der Waals surface area contributed by atoms with Crippen LogP contribution in [0.3, 0.4) is 0 Å². The van der Waals surface area contributed by atoms with Crippen molar-refractivity contribution < 1.29 is 0 Å². The second kappa shape index (κ2) is 7.50. The zero-order chi connectivity index (χ0) is 18.0. The molecule has 25 heavy (non-hydrogen) atoms. The number of rotatable bonds is 6. The highest BCUT2D eigenvalue weighted by molar-refractivity contribution is 7.18. The van der Waals surface area contributed by atoms with Gasteiger partial charge in [-0.2, -0.15) is 0 Å². The largest absolute Gasteiger partial charge is 0.302 e. The van der Waals surface area contributed by atoms with Crippen molar-refractivity contribution in [3.05, 3.63) is 62.5 Å². The number of fused-ring (bicyclic) bond motifs is 1. The van der Waals surface area contributed by atoms with Gasteiger partial charge in [0, 0.05) is 11.4 Å². The van der Waals surface area contributed by atoms with Crippen LogP contribution in [0.4, 0.5) is 0 Å². The third-order valence-corrected chi connectivity index (χ3v) is 5.62. The third-order valence-electron chi connectivity index (χ3n) is 4.52. The molecule has 2 aromatic heterocycles. The van der Waals surface area contributed by atoms with Gasteiger partial charge in [0.15, 0.2) is 0 Å². The van der Waals surface area contributed by atoms with Crippen LogP contribution in [-0.2, 0) is 19.5 Å². The molecule has 2 heterocycles. The minimum atomic E-state index is 0.108. The fraction of sp³-hybridized carbons (Fsp3) is 0.400. The van der Waals surface area contributed by atoms with Crippen LogP contribution >= 0.6 is 11.3 Å². The van der Waals surface area contributed by atoms with E-state index in [0.29, 0.717) is 13.1 Å². The van der Waals surface area contributed by atoms with Gasteiger partial charge in [0.1, 0.15) is 10.7 Å². The number of nitrogens with zero attached hydrogens (tertiary/aromatic N) is 3. The molecule has 5 heteroatoms. The molecule has 4 nitrogen and oxygen atoms in total. The van der Waals surface area contributed by atoms with Gasteiger partial charge in [-0.15, -0.1) is 11.3 Å². The van der Waals surface area contributed by atoms with Crippen molar-refractivity contribution in [2.75, 3.05) is 14.1 Å².